The fourth-order valence-corrected chi connectivity index (χ4v) is 0.885. The normalized spacial score (nSPS) is 17.7. The number of hydrogen-bond donors (Lipinski definition) is 1. The summed E-state index contributed by atoms with van der Waals surface area (Å²) in [5.74, 6) is 0. The van der Waals surface area contributed by atoms with Gasteiger partial charge in [-0.2, -0.15) is 0 Å². The van der Waals surface area contributed by atoms with E-state index < -0.39 is 5.60 Å². The third-order valence-corrected chi connectivity index (χ3v) is 2.69. The lowest BCUT2D eigenvalue weighted by molar-refractivity contribution is 0.00340. The standard InChI is InChI=1S/C12H24O/c1-6-7-8-9-10-12(5,13)11(2,3)4/h9-10,13H,6-8H2,1-5H3. The monoisotopic (exact) mass is 184 g/mol. The van der Waals surface area contributed by atoms with Crippen LogP contribution in [-0.2, 0) is 0 Å². The van der Waals surface area contributed by atoms with E-state index in [4.69, 9.17) is 0 Å². The van der Waals surface area contributed by atoms with Crippen molar-refractivity contribution in [3.8, 4) is 0 Å². The van der Waals surface area contributed by atoms with E-state index in [1.165, 1.54) is 12.8 Å². The summed E-state index contributed by atoms with van der Waals surface area (Å²) in [5, 5.41) is 10.1. The van der Waals surface area contributed by atoms with Crippen LogP contribution in [0, 0.1) is 5.41 Å². The molecule has 0 spiro atoms. The van der Waals surface area contributed by atoms with Crippen LogP contribution in [0.3, 0.4) is 0 Å². The number of allylic oxidation sites excluding steroid dienone is 1. The first-order valence-corrected chi connectivity index (χ1v) is 5.21. The minimum atomic E-state index is -0.694. The smallest absolute Gasteiger partial charge is 0.0847 e. The van der Waals surface area contributed by atoms with Crippen molar-refractivity contribution in [3.05, 3.63) is 12.2 Å². The molecular weight excluding hydrogens is 160 g/mol. The molecule has 0 heterocycles. The second kappa shape index (κ2) is 4.80. The highest BCUT2D eigenvalue weighted by molar-refractivity contribution is 5.04. The van der Waals surface area contributed by atoms with Crippen molar-refractivity contribution in [2.24, 2.45) is 5.41 Å². The molecule has 0 bridgehead atoms. The fraction of sp³-hybridized carbons (Fsp3) is 0.833. The Kier molecular flexibility index (Phi) is 4.69. The molecule has 1 atom stereocenters. The molecule has 78 valence electrons. The van der Waals surface area contributed by atoms with E-state index in [-0.39, 0.29) is 5.41 Å². The molecule has 0 aromatic heterocycles. The molecule has 0 saturated heterocycles. The van der Waals surface area contributed by atoms with Crippen LogP contribution in [0.4, 0.5) is 0 Å². The van der Waals surface area contributed by atoms with Crippen molar-refractivity contribution in [3.63, 3.8) is 0 Å². The fourth-order valence-electron chi connectivity index (χ4n) is 0.885. The third kappa shape index (κ3) is 4.47. The van der Waals surface area contributed by atoms with Crippen LogP contribution in [0.5, 0.6) is 0 Å². The van der Waals surface area contributed by atoms with Crippen LogP contribution in [-0.4, -0.2) is 10.7 Å². The highest BCUT2D eigenvalue weighted by Gasteiger charge is 2.32. The van der Waals surface area contributed by atoms with Crippen molar-refractivity contribution in [2.45, 2.75) is 59.5 Å². The molecular formula is C12H24O. The zero-order chi connectivity index (χ0) is 10.5. The number of aliphatic hydroxyl groups is 1. The first kappa shape index (κ1) is 12.7. The number of rotatable bonds is 4. The Hall–Kier alpha value is -0.300. The van der Waals surface area contributed by atoms with Gasteiger partial charge in [0, 0.05) is 0 Å². The lowest BCUT2D eigenvalue weighted by atomic mass is 9.77. The van der Waals surface area contributed by atoms with Crippen LogP contribution in [0.1, 0.15) is 53.9 Å². The zero-order valence-electron chi connectivity index (χ0n) is 9.72. The summed E-state index contributed by atoms with van der Waals surface area (Å²) in [4.78, 5) is 0. The Balaban J connectivity index is 4.09. The summed E-state index contributed by atoms with van der Waals surface area (Å²) in [6.45, 7) is 10.2. The lowest BCUT2D eigenvalue weighted by Gasteiger charge is -2.34. The van der Waals surface area contributed by atoms with Gasteiger partial charge >= 0.3 is 0 Å². The summed E-state index contributed by atoms with van der Waals surface area (Å²) >= 11 is 0. The van der Waals surface area contributed by atoms with E-state index in [2.05, 4.69) is 33.8 Å². The van der Waals surface area contributed by atoms with E-state index in [0.717, 1.165) is 6.42 Å². The predicted octanol–water partition coefficient (Wildman–Crippen LogP) is 3.53. The Morgan fingerprint density at radius 2 is 1.69 bits per heavy atom. The molecule has 0 fully saturated rings. The van der Waals surface area contributed by atoms with Gasteiger partial charge in [-0.25, -0.2) is 0 Å². The van der Waals surface area contributed by atoms with E-state index in [1.54, 1.807) is 0 Å². The maximum absolute atomic E-state index is 10.1. The molecule has 1 unspecified atom stereocenters. The summed E-state index contributed by atoms with van der Waals surface area (Å²) < 4.78 is 0. The van der Waals surface area contributed by atoms with Gasteiger partial charge in [0.2, 0.25) is 0 Å². The predicted molar refractivity (Wildman–Crippen MR) is 58.7 cm³/mol. The largest absolute Gasteiger partial charge is 0.386 e. The maximum Gasteiger partial charge on any atom is 0.0847 e. The first-order valence-electron chi connectivity index (χ1n) is 5.21. The van der Waals surface area contributed by atoms with Gasteiger partial charge in [0.1, 0.15) is 0 Å². The molecule has 0 aliphatic carbocycles. The minimum Gasteiger partial charge on any atom is -0.386 e. The topological polar surface area (TPSA) is 20.2 Å². The second-order valence-corrected chi connectivity index (χ2v) is 4.94. The van der Waals surface area contributed by atoms with Gasteiger partial charge in [-0.3, -0.25) is 0 Å². The number of hydrogen-bond acceptors (Lipinski definition) is 1. The molecule has 1 nitrogen and oxygen atoms in total. The third-order valence-electron chi connectivity index (χ3n) is 2.69. The van der Waals surface area contributed by atoms with Crippen molar-refractivity contribution in [1.82, 2.24) is 0 Å². The van der Waals surface area contributed by atoms with Gasteiger partial charge < -0.3 is 5.11 Å². The Morgan fingerprint density at radius 1 is 1.15 bits per heavy atom. The molecule has 1 heteroatoms. The Bertz CT molecular complexity index is 160. The van der Waals surface area contributed by atoms with Gasteiger partial charge in [-0.05, 0) is 18.8 Å². The van der Waals surface area contributed by atoms with Crippen molar-refractivity contribution in [2.75, 3.05) is 0 Å². The first-order chi connectivity index (χ1) is 5.81. The molecule has 13 heavy (non-hydrogen) atoms. The van der Waals surface area contributed by atoms with Gasteiger partial charge in [0.05, 0.1) is 5.60 Å². The minimum absolute atomic E-state index is 0.0876. The van der Waals surface area contributed by atoms with Crippen LogP contribution in [0.15, 0.2) is 12.2 Å². The van der Waals surface area contributed by atoms with Gasteiger partial charge in [-0.15, -0.1) is 0 Å². The zero-order valence-corrected chi connectivity index (χ0v) is 9.72. The molecule has 0 radical (unpaired) electrons. The van der Waals surface area contributed by atoms with E-state index in [0.29, 0.717) is 0 Å². The van der Waals surface area contributed by atoms with E-state index >= 15 is 0 Å². The van der Waals surface area contributed by atoms with Gasteiger partial charge in [-0.1, -0.05) is 52.7 Å². The summed E-state index contributed by atoms with van der Waals surface area (Å²) in [7, 11) is 0. The SMILES string of the molecule is CCCCC=CC(C)(O)C(C)(C)C. The van der Waals surface area contributed by atoms with Gasteiger partial charge in [0.25, 0.3) is 0 Å². The highest BCUT2D eigenvalue weighted by Crippen LogP contribution is 2.30. The highest BCUT2D eigenvalue weighted by atomic mass is 16.3. The molecule has 1 N–H and O–H groups in total. The van der Waals surface area contributed by atoms with Crippen molar-refractivity contribution in [1.29, 1.82) is 0 Å². The summed E-state index contributed by atoms with van der Waals surface area (Å²) in [5.41, 5.74) is -0.781. The molecule has 0 aliphatic rings. The lowest BCUT2D eigenvalue weighted by Crippen LogP contribution is -2.37. The van der Waals surface area contributed by atoms with Crippen LogP contribution >= 0.6 is 0 Å². The average Bonchev–Trinajstić information content (AvgIpc) is 1.96. The maximum atomic E-state index is 10.1. The molecule has 0 aromatic rings. The average molecular weight is 184 g/mol. The van der Waals surface area contributed by atoms with Crippen LogP contribution in [0.25, 0.3) is 0 Å². The number of unbranched alkanes of at least 4 members (excludes halogenated alkanes) is 2. The van der Waals surface area contributed by atoms with Crippen molar-refractivity contribution < 1.29 is 5.11 Å². The van der Waals surface area contributed by atoms with E-state index in [9.17, 15) is 5.11 Å². The second-order valence-electron chi connectivity index (χ2n) is 4.94. The van der Waals surface area contributed by atoms with Crippen LogP contribution < -0.4 is 0 Å². The molecule has 0 aliphatic heterocycles. The molecule has 0 rings (SSSR count). The van der Waals surface area contributed by atoms with Crippen molar-refractivity contribution >= 4 is 0 Å². The quantitative estimate of drug-likeness (QED) is 0.523. The van der Waals surface area contributed by atoms with Gasteiger partial charge in [0.15, 0.2) is 0 Å². The summed E-state index contributed by atoms with van der Waals surface area (Å²) in [6.07, 6.45) is 7.51. The van der Waals surface area contributed by atoms with E-state index in [1.807, 2.05) is 13.0 Å². The molecule has 0 aromatic carbocycles. The molecule has 0 saturated carbocycles. The molecule has 0 amide bonds. The summed E-state index contributed by atoms with van der Waals surface area (Å²) in [6, 6.07) is 0. The Morgan fingerprint density at radius 3 is 2.08 bits per heavy atom. The Labute approximate surface area is 82.9 Å². The van der Waals surface area contributed by atoms with Crippen LogP contribution in [0.2, 0.25) is 0 Å².